The van der Waals surface area contributed by atoms with Crippen molar-refractivity contribution in [2.24, 2.45) is 0 Å². The van der Waals surface area contributed by atoms with E-state index in [2.05, 4.69) is 47.9 Å². The number of hydrogen-bond donors (Lipinski definition) is 0. The molecule has 0 saturated heterocycles. The van der Waals surface area contributed by atoms with Crippen LogP contribution in [0.1, 0.15) is 39.5 Å². The van der Waals surface area contributed by atoms with Crippen molar-refractivity contribution in [2.45, 2.75) is 48.5 Å². The Labute approximate surface area is 217 Å². The molecule has 0 aliphatic heterocycles. The summed E-state index contributed by atoms with van der Waals surface area (Å²) >= 11 is -0.639. The zero-order valence-electron chi connectivity index (χ0n) is 20.7. The summed E-state index contributed by atoms with van der Waals surface area (Å²) in [6.07, 6.45) is 3.54. The molecule has 0 amide bonds. The topological polar surface area (TPSA) is 70.7 Å². The van der Waals surface area contributed by atoms with E-state index in [1.807, 2.05) is 60.6 Å². The van der Waals surface area contributed by atoms with E-state index < -0.39 is 15.4 Å². The van der Waals surface area contributed by atoms with Crippen LogP contribution >= 0.6 is 19.3 Å². The number of nitrogens with zero attached hydrogens (tertiary/aromatic N) is 6. The molecule has 0 fully saturated rings. The predicted octanol–water partition coefficient (Wildman–Crippen LogP) is 6.08. The standard InChI is InChI=1S/C12H15N3O.C12H15N3.2ClH.Os/c1-8-9(2)14-15(10(8)3)12-7-11(16-4)5-6-13-12;1-8-5-6-13-12(7-8)15-11(4)9(2)10(3)14-15;;;/h5-7H,1-4H3;5-7H,1-4H3;2*1H;/q;;;;+2/p-2. The van der Waals surface area contributed by atoms with Crippen LogP contribution in [0, 0.1) is 48.5 Å². The molecule has 184 valence electrons. The normalized spacial score (nSPS) is 10.3. The molecule has 0 aliphatic carbocycles. The van der Waals surface area contributed by atoms with Crippen molar-refractivity contribution in [1.82, 2.24) is 29.5 Å². The van der Waals surface area contributed by atoms with Crippen molar-refractivity contribution < 1.29 is 20.1 Å². The molecule has 0 saturated carbocycles. The number of halogens is 2. The number of pyridine rings is 2. The Bertz CT molecular complexity index is 1240. The fourth-order valence-corrected chi connectivity index (χ4v) is 3.17. The van der Waals surface area contributed by atoms with Crippen LogP contribution in [-0.4, -0.2) is 36.6 Å². The van der Waals surface area contributed by atoms with E-state index in [-0.39, 0.29) is 0 Å². The zero-order valence-corrected chi connectivity index (χ0v) is 24.7. The molecule has 0 aliphatic rings. The summed E-state index contributed by atoms with van der Waals surface area (Å²) in [6.45, 7) is 14.3. The van der Waals surface area contributed by atoms with E-state index in [0.717, 1.165) is 40.2 Å². The van der Waals surface area contributed by atoms with E-state index in [1.54, 1.807) is 13.3 Å². The van der Waals surface area contributed by atoms with E-state index in [0.29, 0.717) is 0 Å². The fraction of sp³-hybridized carbons (Fsp3) is 0.333. The van der Waals surface area contributed by atoms with Crippen LogP contribution in [0.4, 0.5) is 0 Å². The molecule has 0 unspecified atom stereocenters. The van der Waals surface area contributed by atoms with Gasteiger partial charge in [0.1, 0.15) is 5.75 Å². The second-order valence-corrected chi connectivity index (χ2v) is 11.4. The van der Waals surface area contributed by atoms with Crippen molar-refractivity contribution in [2.75, 3.05) is 7.11 Å². The Hall–Kier alpha value is -2.26. The third kappa shape index (κ3) is 6.88. The summed E-state index contributed by atoms with van der Waals surface area (Å²) in [5, 5.41) is 8.93. The maximum atomic E-state index is 5.17. The first-order valence-electron chi connectivity index (χ1n) is 10.5. The average molecular weight is 680 g/mol. The monoisotopic (exact) mass is 680 g/mol. The van der Waals surface area contributed by atoms with Gasteiger partial charge in [0.2, 0.25) is 0 Å². The van der Waals surface area contributed by atoms with Crippen LogP contribution in [0.3, 0.4) is 0 Å². The molecule has 10 heteroatoms. The summed E-state index contributed by atoms with van der Waals surface area (Å²) in [6, 6.07) is 7.72. The number of methoxy groups -OCH3 is 1. The summed E-state index contributed by atoms with van der Waals surface area (Å²) in [4.78, 5) is 8.62. The van der Waals surface area contributed by atoms with Gasteiger partial charge >= 0.3 is 34.7 Å². The molecule has 0 aromatic carbocycles. The van der Waals surface area contributed by atoms with Crippen LogP contribution in [0.5, 0.6) is 5.75 Å². The first kappa shape index (κ1) is 28.0. The Morgan fingerprint density at radius 2 is 1.18 bits per heavy atom. The van der Waals surface area contributed by atoms with Crippen LogP contribution in [-0.2, 0) is 15.4 Å². The van der Waals surface area contributed by atoms with Gasteiger partial charge in [-0.3, -0.25) is 0 Å². The van der Waals surface area contributed by atoms with Crippen molar-refractivity contribution in [3.05, 3.63) is 76.1 Å². The Balaban J connectivity index is 0.000000216. The fourth-order valence-electron chi connectivity index (χ4n) is 3.17. The first-order chi connectivity index (χ1) is 16.1. The SMILES string of the molecule is COc1ccnc(-n2nc(C)c(C)c2C)c1.Cc1ccnc(-n2nc(C)c(C)c2C)c1.[Cl][Os][Cl]. The van der Waals surface area contributed by atoms with Crippen molar-refractivity contribution in [1.29, 1.82) is 0 Å². The molecular formula is C24H30Cl2N6OOs. The van der Waals surface area contributed by atoms with Crippen molar-refractivity contribution in [3.8, 4) is 17.4 Å². The van der Waals surface area contributed by atoms with Crippen molar-refractivity contribution >= 4 is 19.3 Å². The van der Waals surface area contributed by atoms with Crippen LogP contribution in [0.2, 0.25) is 0 Å². The molecule has 34 heavy (non-hydrogen) atoms. The molecule has 0 atom stereocenters. The molecule has 4 aromatic rings. The van der Waals surface area contributed by atoms with Crippen LogP contribution < -0.4 is 4.74 Å². The molecule has 4 rings (SSSR count). The Morgan fingerprint density at radius 3 is 1.56 bits per heavy atom. The second-order valence-electron chi connectivity index (χ2n) is 7.71. The van der Waals surface area contributed by atoms with Crippen molar-refractivity contribution in [3.63, 3.8) is 0 Å². The molecule has 4 heterocycles. The van der Waals surface area contributed by atoms with Gasteiger partial charge in [0.25, 0.3) is 0 Å². The van der Waals surface area contributed by atoms with Gasteiger partial charge in [0.15, 0.2) is 11.6 Å². The maximum absolute atomic E-state index is 5.17. The van der Waals surface area contributed by atoms with Gasteiger partial charge in [-0.05, 0) is 83.4 Å². The molecule has 0 N–H and O–H groups in total. The number of hydrogen-bond acceptors (Lipinski definition) is 5. The second kappa shape index (κ2) is 13.0. The molecule has 0 spiro atoms. The first-order valence-corrected chi connectivity index (χ1v) is 16.8. The average Bonchev–Trinajstić information content (AvgIpc) is 3.24. The summed E-state index contributed by atoms with van der Waals surface area (Å²) < 4.78 is 8.91. The Morgan fingerprint density at radius 1 is 0.735 bits per heavy atom. The Kier molecular flexibility index (Phi) is 10.7. The van der Waals surface area contributed by atoms with Gasteiger partial charge in [-0.2, -0.15) is 10.2 Å². The van der Waals surface area contributed by atoms with Crippen LogP contribution in [0.25, 0.3) is 11.6 Å². The zero-order chi connectivity index (χ0) is 25.4. The van der Waals surface area contributed by atoms with Gasteiger partial charge < -0.3 is 4.74 Å². The minimum absolute atomic E-state index is 0.639. The van der Waals surface area contributed by atoms with Gasteiger partial charge in [0.05, 0.1) is 18.5 Å². The van der Waals surface area contributed by atoms with E-state index in [4.69, 9.17) is 24.0 Å². The van der Waals surface area contributed by atoms with Crippen LogP contribution in [0.15, 0.2) is 36.7 Å². The summed E-state index contributed by atoms with van der Waals surface area (Å²) in [5.74, 6) is 2.46. The molecule has 7 nitrogen and oxygen atoms in total. The van der Waals surface area contributed by atoms with Gasteiger partial charge in [-0.25, -0.2) is 19.3 Å². The predicted molar refractivity (Wildman–Crippen MR) is 134 cm³/mol. The molecule has 4 aromatic heterocycles. The molecular weight excluding hydrogens is 649 g/mol. The van der Waals surface area contributed by atoms with E-state index >= 15 is 0 Å². The van der Waals surface area contributed by atoms with E-state index in [9.17, 15) is 0 Å². The third-order valence-corrected chi connectivity index (χ3v) is 5.59. The van der Waals surface area contributed by atoms with Gasteiger partial charge in [-0.15, -0.1) is 0 Å². The number of ether oxygens (including phenoxy) is 1. The summed E-state index contributed by atoms with van der Waals surface area (Å²) in [5.41, 5.74) is 8.00. The molecule has 0 radical (unpaired) electrons. The quantitative estimate of drug-likeness (QED) is 0.263. The number of aromatic nitrogens is 6. The number of aryl methyl sites for hydroxylation is 3. The minimum atomic E-state index is -0.639. The number of rotatable bonds is 3. The third-order valence-electron chi connectivity index (χ3n) is 5.59. The van der Waals surface area contributed by atoms with E-state index in [1.165, 1.54) is 16.7 Å². The molecule has 0 bridgehead atoms. The van der Waals surface area contributed by atoms with Gasteiger partial charge in [-0.1, -0.05) is 0 Å². The summed E-state index contributed by atoms with van der Waals surface area (Å²) in [7, 11) is 11.4. The van der Waals surface area contributed by atoms with Gasteiger partial charge in [0, 0.05) is 29.8 Å².